The molecule has 0 fully saturated rings. The summed E-state index contributed by atoms with van der Waals surface area (Å²) in [4.78, 5) is 3.04. The topological polar surface area (TPSA) is 26.3 Å². The molecular weight excluding hydrogens is 242 g/mol. The van der Waals surface area contributed by atoms with Gasteiger partial charge in [-0.25, -0.2) is 0 Å². The first kappa shape index (κ1) is 12.1. The molecule has 0 amide bonds. The predicted octanol–water partition coefficient (Wildman–Crippen LogP) is 2.76. The van der Waals surface area contributed by atoms with Crippen LogP contribution in [0.4, 0.5) is 5.69 Å². The van der Waals surface area contributed by atoms with Crippen LogP contribution >= 0.6 is 11.6 Å². The van der Waals surface area contributed by atoms with Crippen LogP contribution in [0.3, 0.4) is 0 Å². The number of alkyl halides is 1. The maximum atomic E-state index is 11.8. The van der Waals surface area contributed by atoms with Gasteiger partial charge in [-0.1, -0.05) is 6.07 Å². The molecule has 1 aliphatic heterocycles. The minimum absolute atomic E-state index is 0.625. The number of fused-ring (bicyclic) bond motifs is 1. The molecule has 1 aliphatic rings. The van der Waals surface area contributed by atoms with Gasteiger partial charge in [0, 0.05) is 24.1 Å². The van der Waals surface area contributed by atoms with Crippen molar-refractivity contribution in [2.75, 3.05) is 23.7 Å². The molecule has 0 bridgehead atoms. The van der Waals surface area contributed by atoms with Crippen molar-refractivity contribution in [3.05, 3.63) is 23.8 Å². The van der Waals surface area contributed by atoms with Gasteiger partial charge in [0.25, 0.3) is 0 Å². The Hall–Kier alpha value is -0.380. The van der Waals surface area contributed by atoms with Crippen LogP contribution in [0.5, 0.6) is 0 Å². The molecule has 16 heavy (non-hydrogen) atoms. The van der Waals surface area contributed by atoms with Crippen molar-refractivity contribution in [2.45, 2.75) is 24.2 Å². The van der Waals surface area contributed by atoms with E-state index in [1.54, 1.807) is 0 Å². The van der Waals surface area contributed by atoms with Gasteiger partial charge < -0.3 is 9.45 Å². The van der Waals surface area contributed by atoms with E-state index < -0.39 is 11.2 Å². The number of benzene rings is 1. The van der Waals surface area contributed by atoms with E-state index in [4.69, 9.17) is 11.6 Å². The SMILES string of the molecule is CN1C[S+]([O-])c2cc(CCCCCl)ccc21. The molecule has 0 saturated heterocycles. The van der Waals surface area contributed by atoms with E-state index in [1.807, 2.05) is 11.9 Å². The monoisotopic (exact) mass is 257 g/mol. The van der Waals surface area contributed by atoms with Gasteiger partial charge in [0.2, 0.25) is 0 Å². The Morgan fingerprint density at radius 3 is 3.00 bits per heavy atom. The van der Waals surface area contributed by atoms with Crippen molar-refractivity contribution in [2.24, 2.45) is 0 Å². The molecule has 0 spiro atoms. The van der Waals surface area contributed by atoms with Crippen LogP contribution in [0.15, 0.2) is 23.1 Å². The number of anilines is 1. The van der Waals surface area contributed by atoms with E-state index in [0.29, 0.717) is 5.88 Å². The van der Waals surface area contributed by atoms with E-state index in [1.165, 1.54) is 5.56 Å². The number of hydrogen-bond donors (Lipinski definition) is 0. The van der Waals surface area contributed by atoms with Gasteiger partial charge in [-0.05, 0) is 37.0 Å². The Bertz CT molecular complexity index is 372. The summed E-state index contributed by atoms with van der Waals surface area (Å²) >= 11 is 4.80. The van der Waals surface area contributed by atoms with E-state index in [0.717, 1.165) is 35.7 Å². The average Bonchev–Trinajstić information content (AvgIpc) is 2.55. The highest BCUT2D eigenvalue weighted by Crippen LogP contribution is 2.33. The quantitative estimate of drug-likeness (QED) is 0.471. The largest absolute Gasteiger partial charge is 0.610 e. The molecule has 1 aromatic rings. The van der Waals surface area contributed by atoms with Crippen molar-refractivity contribution >= 4 is 28.5 Å². The Kier molecular flexibility index (Phi) is 4.00. The molecule has 0 saturated carbocycles. The highest BCUT2D eigenvalue weighted by molar-refractivity contribution is 7.92. The number of nitrogens with zero attached hydrogens (tertiary/aromatic N) is 1. The van der Waals surface area contributed by atoms with Gasteiger partial charge in [0.1, 0.15) is 0 Å². The van der Waals surface area contributed by atoms with Gasteiger partial charge in [-0.2, -0.15) is 0 Å². The molecule has 0 aliphatic carbocycles. The van der Waals surface area contributed by atoms with Crippen LogP contribution in [0.2, 0.25) is 0 Å². The van der Waals surface area contributed by atoms with Gasteiger partial charge in [0.15, 0.2) is 10.8 Å². The summed E-state index contributed by atoms with van der Waals surface area (Å²) in [6.45, 7) is 0. The van der Waals surface area contributed by atoms with Crippen LogP contribution in [-0.2, 0) is 17.6 Å². The van der Waals surface area contributed by atoms with E-state index >= 15 is 0 Å². The second kappa shape index (κ2) is 5.30. The molecule has 2 nitrogen and oxygen atoms in total. The predicted molar refractivity (Wildman–Crippen MR) is 69.8 cm³/mol. The van der Waals surface area contributed by atoms with Crippen molar-refractivity contribution in [3.8, 4) is 0 Å². The number of halogens is 1. The Morgan fingerprint density at radius 2 is 2.25 bits per heavy atom. The second-order valence-corrected chi connectivity index (χ2v) is 5.89. The lowest BCUT2D eigenvalue weighted by Gasteiger charge is -2.07. The highest BCUT2D eigenvalue weighted by Gasteiger charge is 2.28. The lowest BCUT2D eigenvalue weighted by atomic mass is 10.1. The van der Waals surface area contributed by atoms with Crippen molar-refractivity contribution in [1.82, 2.24) is 0 Å². The number of hydrogen-bond acceptors (Lipinski definition) is 2. The molecular formula is C12H16ClNOS. The Labute approximate surface area is 105 Å². The zero-order chi connectivity index (χ0) is 11.5. The van der Waals surface area contributed by atoms with Crippen LogP contribution in [0.1, 0.15) is 18.4 Å². The summed E-state index contributed by atoms with van der Waals surface area (Å²) in [5.41, 5.74) is 2.38. The summed E-state index contributed by atoms with van der Waals surface area (Å²) in [5, 5.41) is 0. The molecule has 2 rings (SSSR count). The maximum absolute atomic E-state index is 11.8. The zero-order valence-corrected chi connectivity index (χ0v) is 11.0. The van der Waals surface area contributed by atoms with E-state index in [9.17, 15) is 4.55 Å². The molecule has 0 radical (unpaired) electrons. The Balaban J connectivity index is 2.10. The molecule has 0 N–H and O–H groups in total. The third-order valence-electron chi connectivity index (χ3n) is 2.84. The van der Waals surface area contributed by atoms with E-state index in [2.05, 4.69) is 18.2 Å². The summed E-state index contributed by atoms with van der Waals surface area (Å²) in [6, 6.07) is 6.30. The van der Waals surface area contributed by atoms with Crippen molar-refractivity contribution < 1.29 is 4.55 Å². The summed E-state index contributed by atoms with van der Waals surface area (Å²) in [7, 11) is 1.98. The minimum Gasteiger partial charge on any atom is -0.610 e. The zero-order valence-electron chi connectivity index (χ0n) is 9.41. The lowest BCUT2D eigenvalue weighted by molar-refractivity contribution is 0.598. The first-order valence-corrected chi connectivity index (χ1v) is 7.36. The second-order valence-electron chi connectivity index (χ2n) is 4.12. The van der Waals surface area contributed by atoms with Crippen molar-refractivity contribution in [1.29, 1.82) is 0 Å². The highest BCUT2D eigenvalue weighted by atomic mass is 35.5. The fraction of sp³-hybridized carbons (Fsp3) is 0.500. The third kappa shape index (κ3) is 2.47. The van der Waals surface area contributed by atoms with Crippen LogP contribution < -0.4 is 4.90 Å². The molecule has 0 aromatic heterocycles. The summed E-state index contributed by atoms with van der Waals surface area (Å²) < 4.78 is 11.8. The van der Waals surface area contributed by atoms with Gasteiger partial charge >= 0.3 is 0 Å². The summed E-state index contributed by atoms with van der Waals surface area (Å²) in [6.07, 6.45) is 3.17. The molecule has 4 heteroatoms. The molecule has 88 valence electrons. The third-order valence-corrected chi connectivity index (χ3v) is 4.55. The molecule has 1 atom stereocenters. The maximum Gasteiger partial charge on any atom is 0.183 e. The normalized spacial score (nSPS) is 18.9. The lowest BCUT2D eigenvalue weighted by Crippen LogP contribution is -2.16. The average molecular weight is 258 g/mol. The number of rotatable bonds is 4. The Morgan fingerprint density at radius 1 is 1.44 bits per heavy atom. The number of aryl methyl sites for hydroxylation is 1. The molecule has 1 unspecified atom stereocenters. The minimum atomic E-state index is -0.846. The van der Waals surface area contributed by atoms with Crippen LogP contribution in [0.25, 0.3) is 0 Å². The smallest absolute Gasteiger partial charge is 0.183 e. The first-order valence-electron chi connectivity index (χ1n) is 5.51. The number of unbranched alkanes of at least 4 members (excludes halogenated alkanes) is 1. The van der Waals surface area contributed by atoms with Crippen molar-refractivity contribution in [3.63, 3.8) is 0 Å². The first-order chi connectivity index (χ1) is 7.72. The van der Waals surface area contributed by atoms with Gasteiger partial charge in [-0.3, -0.25) is 0 Å². The van der Waals surface area contributed by atoms with Gasteiger partial charge in [-0.15, -0.1) is 11.6 Å². The molecule has 1 aromatic carbocycles. The molecule has 1 heterocycles. The summed E-state index contributed by atoms with van der Waals surface area (Å²) in [5.74, 6) is 1.35. The fourth-order valence-corrected chi connectivity index (χ4v) is 3.51. The standard InChI is InChI=1S/C12H16ClNOS/c1-14-9-16(15)12-8-10(4-2-3-7-13)5-6-11(12)14/h5-6,8H,2-4,7,9H2,1H3. The van der Waals surface area contributed by atoms with Crippen LogP contribution in [-0.4, -0.2) is 23.4 Å². The van der Waals surface area contributed by atoms with Gasteiger partial charge in [0.05, 0.1) is 5.69 Å². The van der Waals surface area contributed by atoms with E-state index in [-0.39, 0.29) is 0 Å². The fourth-order valence-electron chi connectivity index (χ4n) is 1.95. The van der Waals surface area contributed by atoms with Crippen LogP contribution in [0, 0.1) is 0 Å².